The smallest absolute Gasteiger partial charge is 0.251 e. The Labute approximate surface area is 84.6 Å². The first-order valence-electron chi connectivity index (χ1n) is 4.69. The second-order valence-corrected chi connectivity index (χ2v) is 3.20. The monoisotopic (exact) mass is 189 g/mol. The third kappa shape index (κ3) is 2.46. The summed E-state index contributed by atoms with van der Waals surface area (Å²) >= 11 is 0. The van der Waals surface area contributed by atoms with Crippen molar-refractivity contribution in [1.82, 2.24) is 5.32 Å². The number of carbonyl (C=O) groups is 1. The number of carbonyl (C=O) groups excluding carboxylic acids is 1. The molecule has 1 rings (SSSR count). The van der Waals surface area contributed by atoms with E-state index in [0.29, 0.717) is 12.1 Å². The number of benzene rings is 1. The van der Waals surface area contributed by atoms with Gasteiger partial charge in [-0.2, -0.15) is 0 Å². The number of hydrogen-bond donors (Lipinski definition) is 1. The van der Waals surface area contributed by atoms with E-state index >= 15 is 0 Å². The van der Waals surface area contributed by atoms with Gasteiger partial charge in [0.15, 0.2) is 0 Å². The number of rotatable bonds is 3. The van der Waals surface area contributed by atoms with Gasteiger partial charge in [-0.25, -0.2) is 0 Å². The van der Waals surface area contributed by atoms with E-state index in [0.717, 1.165) is 11.1 Å². The van der Waals surface area contributed by atoms with Crippen molar-refractivity contribution in [2.45, 2.75) is 13.8 Å². The lowest BCUT2D eigenvalue weighted by molar-refractivity contribution is 0.0955. The van der Waals surface area contributed by atoms with E-state index in [2.05, 4.69) is 11.9 Å². The summed E-state index contributed by atoms with van der Waals surface area (Å²) in [4.78, 5) is 11.5. The molecule has 0 atom stereocenters. The third-order valence-corrected chi connectivity index (χ3v) is 1.93. The first-order chi connectivity index (χ1) is 6.67. The third-order valence-electron chi connectivity index (χ3n) is 1.93. The van der Waals surface area contributed by atoms with Crippen LogP contribution in [-0.2, 0) is 0 Å². The average molecular weight is 189 g/mol. The van der Waals surface area contributed by atoms with Crippen LogP contribution in [0.4, 0.5) is 0 Å². The van der Waals surface area contributed by atoms with Crippen LogP contribution < -0.4 is 5.32 Å². The Kier molecular flexibility index (Phi) is 3.46. The quantitative estimate of drug-likeness (QED) is 0.777. The molecule has 0 saturated carbocycles. The van der Waals surface area contributed by atoms with Gasteiger partial charge >= 0.3 is 0 Å². The molecule has 0 radical (unpaired) electrons. The summed E-state index contributed by atoms with van der Waals surface area (Å²) in [5, 5.41) is 2.77. The SMILES string of the molecule is C=Cc1cc(C)cc(C(=O)NCC)c1. The minimum Gasteiger partial charge on any atom is -0.352 e. The number of nitrogens with one attached hydrogen (secondary N) is 1. The minimum atomic E-state index is -0.0284. The summed E-state index contributed by atoms with van der Waals surface area (Å²) in [5.41, 5.74) is 2.75. The van der Waals surface area contributed by atoms with Crippen molar-refractivity contribution >= 4 is 12.0 Å². The van der Waals surface area contributed by atoms with Crippen LogP contribution in [0, 0.1) is 6.92 Å². The molecule has 74 valence electrons. The highest BCUT2D eigenvalue weighted by Gasteiger charge is 2.04. The van der Waals surface area contributed by atoms with Crippen molar-refractivity contribution in [2.24, 2.45) is 0 Å². The highest BCUT2D eigenvalue weighted by molar-refractivity contribution is 5.94. The Balaban J connectivity index is 3.02. The molecule has 0 aromatic heterocycles. The summed E-state index contributed by atoms with van der Waals surface area (Å²) in [7, 11) is 0. The molecule has 1 aromatic rings. The van der Waals surface area contributed by atoms with Crippen molar-refractivity contribution in [3.05, 3.63) is 41.5 Å². The lowest BCUT2D eigenvalue weighted by Gasteiger charge is -2.04. The molecule has 0 saturated heterocycles. The first-order valence-corrected chi connectivity index (χ1v) is 4.69. The first kappa shape index (κ1) is 10.5. The van der Waals surface area contributed by atoms with Gasteiger partial charge in [0.25, 0.3) is 5.91 Å². The average Bonchev–Trinajstić information content (AvgIpc) is 2.17. The molecule has 0 bridgehead atoms. The summed E-state index contributed by atoms with van der Waals surface area (Å²) in [5.74, 6) is -0.0284. The van der Waals surface area contributed by atoms with Crippen molar-refractivity contribution in [3.8, 4) is 0 Å². The van der Waals surface area contributed by atoms with E-state index in [1.807, 2.05) is 32.0 Å². The number of hydrogen-bond acceptors (Lipinski definition) is 1. The lowest BCUT2D eigenvalue weighted by atomic mass is 10.1. The van der Waals surface area contributed by atoms with Crippen LogP contribution in [0.5, 0.6) is 0 Å². The maximum Gasteiger partial charge on any atom is 0.251 e. The molecule has 0 fully saturated rings. The standard InChI is InChI=1S/C12H15NO/c1-4-10-6-9(3)7-11(8-10)12(14)13-5-2/h4,6-8H,1,5H2,2-3H3,(H,13,14). The summed E-state index contributed by atoms with van der Waals surface area (Å²) in [6, 6.07) is 5.71. The molecule has 0 unspecified atom stereocenters. The minimum absolute atomic E-state index is 0.0284. The molecule has 2 heteroatoms. The second kappa shape index (κ2) is 4.61. The van der Waals surface area contributed by atoms with Crippen molar-refractivity contribution < 1.29 is 4.79 Å². The molecule has 14 heavy (non-hydrogen) atoms. The van der Waals surface area contributed by atoms with E-state index in [9.17, 15) is 4.79 Å². The van der Waals surface area contributed by atoms with E-state index in [-0.39, 0.29) is 5.91 Å². The van der Waals surface area contributed by atoms with Crippen LogP contribution in [0.25, 0.3) is 6.08 Å². The second-order valence-electron chi connectivity index (χ2n) is 3.20. The van der Waals surface area contributed by atoms with Gasteiger partial charge in [-0.15, -0.1) is 0 Å². The van der Waals surface area contributed by atoms with Crippen LogP contribution in [0.15, 0.2) is 24.8 Å². The van der Waals surface area contributed by atoms with Crippen molar-refractivity contribution in [2.75, 3.05) is 6.54 Å². The van der Waals surface area contributed by atoms with Crippen LogP contribution in [-0.4, -0.2) is 12.5 Å². The van der Waals surface area contributed by atoms with E-state index in [1.165, 1.54) is 0 Å². The Morgan fingerprint density at radius 2 is 2.21 bits per heavy atom. The summed E-state index contributed by atoms with van der Waals surface area (Å²) in [6.45, 7) is 8.21. The van der Waals surface area contributed by atoms with Crippen LogP contribution in [0.1, 0.15) is 28.4 Å². The van der Waals surface area contributed by atoms with Crippen molar-refractivity contribution in [1.29, 1.82) is 0 Å². The molecule has 0 aliphatic heterocycles. The van der Waals surface area contributed by atoms with E-state index < -0.39 is 0 Å². The Morgan fingerprint density at radius 1 is 1.50 bits per heavy atom. The van der Waals surface area contributed by atoms with Gasteiger partial charge in [0.05, 0.1) is 0 Å². The van der Waals surface area contributed by atoms with Crippen LogP contribution in [0.3, 0.4) is 0 Å². The molecule has 2 nitrogen and oxygen atoms in total. The Bertz CT molecular complexity index is 355. The maximum atomic E-state index is 11.5. The van der Waals surface area contributed by atoms with Gasteiger partial charge in [-0.1, -0.05) is 18.7 Å². The predicted molar refractivity (Wildman–Crippen MR) is 59.3 cm³/mol. The fourth-order valence-electron chi connectivity index (χ4n) is 1.32. The molecule has 0 heterocycles. The van der Waals surface area contributed by atoms with Gasteiger partial charge in [0.2, 0.25) is 0 Å². The Morgan fingerprint density at radius 3 is 2.79 bits per heavy atom. The van der Waals surface area contributed by atoms with Gasteiger partial charge in [-0.3, -0.25) is 4.79 Å². The largest absolute Gasteiger partial charge is 0.352 e. The van der Waals surface area contributed by atoms with Gasteiger partial charge in [-0.05, 0) is 37.1 Å². The van der Waals surface area contributed by atoms with Gasteiger partial charge < -0.3 is 5.32 Å². The summed E-state index contributed by atoms with van der Waals surface area (Å²) in [6.07, 6.45) is 1.75. The molecular formula is C12H15NO. The normalized spacial score (nSPS) is 9.57. The lowest BCUT2D eigenvalue weighted by Crippen LogP contribution is -2.22. The Hall–Kier alpha value is -1.57. The molecular weight excluding hydrogens is 174 g/mol. The van der Waals surface area contributed by atoms with Crippen molar-refractivity contribution in [3.63, 3.8) is 0 Å². The fourth-order valence-corrected chi connectivity index (χ4v) is 1.32. The molecule has 1 N–H and O–H groups in total. The molecule has 1 aromatic carbocycles. The maximum absolute atomic E-state index is 11.5. The topological polar surface area (TPSA) is 29.1 Å². The molecule has 0 aliphatic rings. The molecule has 0 spiro atoms. The van der Waals surface area contributed by atoms with E-state index in [4.69, 9.17) is 0 Å². The zero-order valence-corrected chi connectivity index (χ0v) is 8.63. The highest BCUT2D eigenvalue weighted by Crippen LogP contribution is 2.10. The molecule has 1 amide bonds. The fraction of sp³-hybridized carbons (Fsp3) is 0.250. The number of amides is 1. The zero-order valence-electron chi connectivity index (χ0n) is 8.63. The summed E-state index contributed by atoms with van der Waals surface area (Å²) < 4.78 is 0. The highest BCUT2D eigenvalue weighted by atomic mass is 16.1. The molecule has 0 aliphatic carbocycles. The van der Waals surface area contributed by atoms with Crippen LogP contribution >= 0.6 is 0 Å². The van der Waals surface area contributed by atoms with E-state index in [1.54, 1.807) is 6.08 Å². The van der Waals surface area contributed by atoms with Gasteiger partial charge in [0.1, 0.15) is 0 Å². The van der Waals surface area contributed by atoms with Crippen LogP contribution in [0.2, 0.25) is 0 Å². The number of aryl methyl sites for hydroxylation is 1. The zero-order chi connectivity index (χ0) is 10.6. The van der Waals surface area contributed by atoms with Gasteiger partial charge in [0, 0.05) is 12.1 Å². The predicted octanol–water partition coefficient (Wildman–Crippen LogP) is 2.39.